The number of rotatable bonds is 9. The summed E-state index contributed by atoms with van der Waals surface area (Å²) in [6, 6.07) is 16.0. The topological polar surface area (TPSA) is 140 Å². The van der Waals surface area contributed by atoms with E-state index in [0.717, 1.165) is 11.0 Å². The molecule has 0 atom stereocenters. The maximum Gasteiger partial charge on any atom is 0.322 e. The lowest BCUT2D eigenvalue weighted by molar-refractivity contribution is -0.146. The average Bonchev–Trinajstić information content (AvgIpc) is 3.25. The van der Waals surface area contributed by atoms with E-state index in [1.807, 2.05) is 25.1 Å². The number of sulfonamides is 1. The molecule has 0 aliphatic carbocycles. The zero-order chi connectivity index (χ0) is 23.0. The lowest BCUT2D eigenvalue weighted by Crippen LogP contribution is -2.31. The molecule has 0 spiro atoms. The Morgan fingerprint density at radius 3 is 2.50 bits per heavy atom. The van der Waals surface area contributed by atoms with E-state index >= 15 is 0 Å². The standard InChI is InChI=1S/C21H20N4O6S/c1-15-7-9-16(10-8-15)11-12-32(28,29)22-13-19(27)30-14-18(26)23-21-25-24-20(31-21)17-5-3-2-4-6-17/h2-12,22H,13-14H2,1H3,(H,23,25,26)/b12-11+. The summed E-state index contributed by atoms with van der Waals surface area (Å²) < 4.78 is 36.1. The Kier molecular flexibility index (Phi) is 7.47. The molecule has 32 heavy (non-hydrogen) atoms. The normalized spacial score (nSPS) is 11.4. The Morgan fingerprint density at radius 1 is 1.06 bits per heavy atom. The first-order chi connectivity index (χ1) is 15.3. The second-order valence-corrected chi connectivity index (χ2v) is 8.22. The summed E-state index contributed by atoms with van der Waals surface area (Å²) in [4.78, 5) is 23.6. The number of aryl methyl sites for hydroxylation is 1. The lowest BCUT2D eigenvalue weighted by Gasteiger charge is -2.05. The number of benzene rings is 2. The third kappa shape index (κ3) is 7.15. The SMILES string of the molecule is Cc1ccc(/C=C/S(=O)(=O)NCC(=O)OCC(=O)Nc2nnc(-c3ccccc3)o2)cc1. The van der Waals surface area contributed by atoms with Crippen LogP contribution in [-0.2, 0) is 24.3 Å². The van der Waals surface area contributed by atoms with Gasteiger partial charge in [0, 0.05) is 11.0 Å². The van der Waals surface area contributed by atoms with Gasteiger partial charge in [-0.3, -0.25) is 14.9 Å². The number of hydrogen-bond acceptors (Lipinski definition) is 8. The minimum Gasteiger partial charge on any atom is -0.455 e. The van der Waals surface area contributed by atoms with Gasteiger partial charge in [-0.05, 0) is 30.7 Å². The molecule has 0 unspecified atom stereocenters. The zero-order valence-corrected chi connectivity index (χ0v) is 17.8. The third-order valence-electron chi connectivity index (χ3n) is 3.99. The summed E-state index contributed by atoms with van der Waals surface area (Å²) in [7, 11) is -3.86. The van der Waals surface area contributed by atoms with E-state index in [0.29, 0.717) is 11.1 Å². The molecule has 166 valence electrons. The van der Waals surface area contributed by atoms with Gasteiger partial charge in [-0.2, -0.15) is 0 Å². The van der Waals surface area contributed by atoms with Gasteiger partial charge in [-0.25, -0.2) is 13.1 Å². The largest absolute Gasteiger partial charge is 0.455 e. The maximum absolute atomic E-state index is 12.0. The van der Waals surface area contributed by atoms with E-state index in [1.54, 1.807) is 36.4 Å². The van der Waals surface area contributed by atoms with Crippen LogP contribution in [0.3, 0.4) is 0 Å². The average molecular weight is 456 g/mol. The molecule has 0 bridgehead atoms. The molecule has 1 heterocycles. The van der Waals surface area contributed by atoms with Crippen molar-refractivity contribution in [2.24, 2.45) is 0 Å². The van der Waals surface area contributed by atoms with Gasteiger partial charge in [0.15, 0.2) is 6.61 Å². The number of anilines is 1. The molecule has 0 saturated heterocycles. The summed E-state index contributed by atoms with van der Waals surface area (Å²) in [6.45, 7) is 0.636. The highest BCUT2D eigenvalue weighted by molar-refractivity contribution is 7.92. The quantitative estimate of drug-likeness (QED) is 0.467. The molecule has 2 aromatic carbocycles. The molecule has 11 heteroatoms. The summed E-state index contributed by atoms with van der Waals surface area (Å²) in [5.41, 5.74) is 2.41. The van der Waals surface area contributed by atoms with E-state index in [9.17, 15) is 18.0 Å². The fourth-order valence-corrected chi connectivity index (χ4v) is 3.13. The minimum absolute atomic E-state index is 0.160. The van der Waals surface area contributed by atoms with Gasteiger partial charge in [0.2, 0.25) is 15.9 Å². The van der Waals surface area contributed by atoms with Crippen molar-refractivity contribution in [1.82, 2.24) is 14.9 Å². The van der Waals surface area contributed by atoms with Crippen LogP contribution >= 0.6 is 0 Å². The van der Waals surface area contributed by atoms with Crippen LogP contribution in [0.25, 0.3) is 17.5 Å². The summed E-state index contributed by atoms with van der Waals surface area (Å²) in [5.74, 6) is -1.43. The van der Waals surface area contributed by atoms with Crippen molar-refractivity contribution >= 4 is 34.0 Å². The van der Waals surface area contributed by atoms with Crippen LogP contribution in [0.2, 0.25) is 0 Å². The summed E-state index contributed by atoms with van der Waals surface area (Å²) in [5, 5.41) is 10.7. The number of nitrogens with zero attached hydrogens (tertiary/aromatic N) is 2. The van der Waals surface area contributed by atoms with Crippen molar-refractivity contribution in [3.8, 4) is 11.5 Å². The Morgan fingerprint density at radius 2 is 1.78 bits per heavy atom. The number of aromatic nitrogens is 2. The Hall–Kier alpha value is -3.83. The molecule has 0 saturated carbocycles. The highest BCUT2D eigenvalue weighted by atomic mass is 32.2. The highest BCUT2D eigenvalue weighted by Crippen LogP contribution is 2.18. The summed E-state index contributed by atoms with van der Waals surface area (Å²) >= 11 is 0. The van der Waals surface area contributed by atoms with E-state index in [1.165, 1.54) is 6.08 Å². The van der Waals surface area contributed by atoms with Crippen LogP contribution in [-0.4, -0.2) is 43.6 Å². The molecule has 0 radical (unpaired) electrons. The van der Waals surface area contributed by atoms with Gasteiger partial charge >= 0.3 is 12.0 Å². The second-order valence-electron chi connectivity index (χ2n) is 6.57. The van der Waals surface area contributed by atoms with Crippen molar-refractivity contribution in [3.63, 3.8) is 0 Å². The third-order valence-corrected chi connectivity index (χ3v) is 5.03. The Labute approximate surface area is 184 Å². The fraction of sp³-hybridized carbons (Fsp3) is 0.143. The van der Waals surface area contributed by atoms with Crippen molar-refractivity contribution in [2.75, 3.05) is 18.5 Å². The molecule has 0 fully saturated rings. The summed E-state index contributed by atoms with van der Waals surface area (Å²) in [6.07, 6.45) is 1.40. The van der Waals surface area contributed by atoms with Crippen LogP contribution < -0.4 is 10.0 Å². The smallest absolute Gasteiger partial charge is 0.322 e. The molecule has 0 aliphatic rings. The molecule has 2 N–H and O–H groups in total. The van der Waals surface area contributed by atoms with Gasteiger partial charge in [0.05, 0.1) is 0 Å². The number of carbonyl (C=O) groups is 2. The van der Waals surface area contributed by atoms with Gasteiger partial charge in [0.25, 0.3) is 5.91 Å². The first-order valence-corrected chi connectivity index (χ1v) is 10.9. The van der Waals surface area contributed by atoms with Crippen LogP contribution in [0, 0.1) is 6.92 Å². The lowest BCUT2D eigenvalue weighted by atomic mass is 10.2. The fourth-order valence-electron chi connectivity index (χ4n) is 2.38. The van der Waals surface area contributed by atoms with E-state index < -0.39 is 35.1 Å². The van der Waals surface area contributed by atoms with Crippen molar-refractivity contribution in [2.45, 2.75) is 6.92 Å². The number of esters is 1. The van der Waals surface area contributed by atoms with Crippen LogP contribution in [0.5, 0.6) is 0 Å². The zero-order valence-electron chi connectivity index (χ0n) is 17.0. The number of ether oxygens (including phenoxy) is 1. The molecule has 10 nitrogen and oxygen atoms in total. The maximum atomic E-state index is 12.0. The van der Waals surface area contributed by atoms with Crippen LogP contribution in [0.4, 0.5) is 6.01 Å². The van der Waals surface area contributed by atoms with Crippen LogP contribution in [0.15, 0.2) is 64.4 Å². The molecule has 3 aromatic rings. The molecule has 1 amide bonds. The van der Waals surface area contributed by atoms with Crippen LogP contribution in [0.1, 0.15) is 11.1 Å². The second kappa shape index (κ2) is 10.5. The number of hydrogen-bond donors (Lipinski definition) is 2. The molecule has 3 rings (SSSR count). The first kappa shape index (κ1) is 22.8. The van der Waals surface area contributed by atoms with Gasteiger partial charge in [-0.1, -0.05) is 53.1 Å². The number of nitrogens with one attached hydrogen (secondary N) is 2. The van der Waals surface area contributed by atoms with Crippen molar-refractivity contribution in [3.05, 3.63) is 71.1 Å². The van der Waals surface area contributed by atoms with E-state index in [4.69, 9.17) is 9.15 Å². The molecular weight excluding hydrogens is 436 g/mol. The molecule has 0 aliphatic heterocycles. The molecule has 1 aromatic heterocycles. The number of carbonyl (C=O) groups excluding carboxylic acids is 2. The predicted octanol–water partition coefficient (Wildman–Crippen LogP) is 2.12. The number of amides is 1. The Bertz CT molecular complexity index is 1200. The van der Waals surface area contributed by atoms with Gasteiger partial charge in [-0.15, -0.1) is 5.10 Å². The van der Waals surface area contributed by atoms with E-state index in [-0.39, 0.29) is 11.9 Å². The minimum atomic E-state index is -3.86. The highest BCUT2D eigenvalue weighted by Gasteiger charge is 2.14. The van der Waals surface area contributed by atoms with Crippen molar-refractivity contribution < 1.29 is 27.2 Å². The van der Waals surface area contributed by atoms with Gasteiger partial charge < -0.3 is 9.15 Å². The van der Waals surface area contributed by atoms with Crippen molar-refractivity contribution in [1.29, 1.82) is 0 Å². The Balaban J connectivity index is 1.42. The first-order valence-electron chi connectivity index (χ1n) is 9.39. The monoisotopic (exact) mass is 456 g/mol. The van der Waals surface area contributed by atoms with E-state index in [2.05, 4.69) is 20.2 Å². The predicted molar refractivity (Wildman–Crippen MR) is 116 cm³/mol. The molecular formula is C21H20N4O6S. The van der Waals surface area contributed by atoms with Gasteiger partial charge in [0.1, 0.15) is 6.54 Å².